The summed E-state index contributed by atoms with van der Waals surface area (Å²) < 4.78 is 5.81. The van der Waals surface area contributed by atoms with Gasteiger partial charge in [0.1, 0.15) is 5.75 Å². The molecule has 0 amide bonds. The number of hydrogen-bond acceptors (Lipinski definition) is 4. The normalized spacial score (nSPS) is 16.3. The third-order valence-corrected chi connectivity index (χ3v) is 4.52. The van der Waals surface area contributed by atoms with Gasteiger partial charge in [0.05, 0.1) is 17.2 Å². The van der Waals surface area contributed by atoms with Gasteiger partial charge in [-0.25, -0.2) is 5.43 Å². The maximum Gasteiger partial charge on any atom is 0.120 e. The zero-order valence-corrected chi connectivity index (χ0v) is 11.9. The predicted molar refractivity (Wildman–Crippen MR) is 78.6 cm³/mol. The van der Waals surface area contributed by atoms with Crippen LogP contribution in [-0.4, -0.2) is 6.10 Å². The fourth-order valence-electron chi connectivity index (χ4n) is 1.98. The second-order valence-electron chi connectivity index (χ2n) is 4.62. The molecule has 0 saturated heterocycles. The molecule has 100 valence electrons. The van der Waals surface area contributed by atoms with Gasteiger partial charge in [-0.05, 0) is 42.0 Å². The van der Waals surface area contributed by atoms with Crippen LogP contribution in [0, 0.1) is 0 Å². The SMILES string of the molecule is NNC(c1cccc(OC2CC2)c1)c1sccc1Cl. The fourth-order valence-corrected chi connectivity index (χ4v) is 3.23. The van der Waals surface area contributed by atoms with Crippen molar-refractivity contribution in [2.45, 2.75) is 25.0 Å². The molecular weight excluding hydrogens is 280 g/mol. The number of halogens is 1. The summed E-state index contributed by atoms with van der Waals surface area (Å²) in [5.41, 5.74) is 3.89. The summed E-state index contributed by atoms with van der Waals surface area (Å²) in [6.07, 6.45) is 2.70. The Morgan fingerprint density at radius 3 is 2.84 bits per heavy atom. The lowest BCUT2D eigenvalue weighted by molar-refractivity contribution is 0.302. The van der Waals surface area contributed by atoms with Crippen molar-refractivity contribution < 1.29 is 4.74 Å². The van der Waals surface area contributed by atoms with Gasteiger partial charge < -0.3 is 4.74 Å². The first kappa shape index (κ1) is 12.9. The van der Waals surface area contributed by atoms with Gasteiger partial charge in [-0.2, -0.15) is 0 Å². The lowest BCUT2D eigenvalue weighted by Gasteiger charge is -2.16. The number of ether oxygens (including phenoxy) is 1. The molecule has 0 spiro atoms. The number of benzene rings is 1. The Hall–Kier alpha value is -1.07. The average molecular weight is 295 g/mol. The summed E-state index contributed by atoms with van der Waals surface area (Å²) in [5, 5.41) is 2.70. The molecule has 3 nitrogen and oxygen atoms in total. The zero-order chi connectivity index (χ0) is 13.2. The van der Waals surface area contributed by atoms with Crippen molar-refractivity contribution in [3.63, 3.8) is 0 Å². The van der Waals surface area contributed by atoms with Crippen LogP contribution in [0.15, 0.2) is 35.7 Å². The molecule has 0 radical (unpaired) electrons. The van der Waals surface area contributed by atoms with Gasteiger partial charge in [0.2, 0.25) is 0 Å². The van der Waals surface area contributed by atoms with E-state index in [9.17, 15) is 0 Å². The average Bonchev–Trinajstić information content (AvgIpc) is 3.13. The van der Waals surface area contributed by atoms with E-state index in [-0.39, 0.29) is 6.04 Å². The summed E-state index contributed by atoms with van der Waals surface area (Å²) in [6.45, 7) is 0. The molecule has 5 heteroatoms. The van der Waals surface area contributed by atoms with Gasteiger partial charge in [-0.3, -0.25) is 5.84 Å². The molecule has 1 saturated carbocycles. The van der Waals surface area contributed by atoms with Crippen LogP contribution in [0.1, 0.15) is 29.3 Å². The Morgan fingerprint density at radius 2 is 2.21 bits per heavy atom. The second kappa shape index (κ2) is 5.51. The van der Waals surface area contributed by atoms with Crippen LogP contribution in [-0.2, 0) is 0 Å². The number of nitrogens with one attached hydrogen (secondary N) is 1. The Bertz CT molecular complexity index is 568. The van der Waals surface area contributed by atoms with Gasteiger partial charge in [-0.1, -0.05) is 23.7 Å². The molecular formula is C14H15ClN2OS. The Morgan fingerprint density at radius 1 is 1.37 bits per heavy atom. The topological polar surface area (TPSA) is 47.3 Å². The largest absolute Gasteiger partial charge is 0.490 e. The highest BCUT2D eigenvalue weighted by Gasteiger charge is 2.24. The van der Waals surface area contributed by atoms with Crippen molar-refractivity contribution in [3.05, 3.63) is 51.2 Å². The van der Waals surface area contributed by atoms with Crippen LogP contribution in [0.25, 0.3) is 0 Å². The maximum absolute atomic E-state index is 6.18. The number of nitrogens with two attached hydrogens (primary N) is 1. The third-order valence-electron chi connectivity index (χ3n) is 3.09. The van der Waals surface area contributed by atoms with Crippen molar-refractivity contribution in [2.75, 3.05) is 0 Å². The van der Waals surface area contributed by atoms with E-state index in [0.717, 1.165) is 34.1 Å². The molecule has 1 fully saturated rings. The molecule has 1 aromatic carbocycles. The third kappa shape index (κ3) is 2.92. The summed E-state index contributed by atoms with van der Waals surface area (Å²) in [4.78, 5) is 1.02. The van der Waals surface area contributed by atoms with E-state index in [1.165, 1.54) is 0 Å². The van der Waals surface area contributed by atoms with E-state index in [1.54, 1.807) is 11.3 Å². The van der Waals surface area contributed by atoms with Crippen LogP contribution in [0.2, 0.25) is 5.02 Å². The molecule has 1 aliphatic rings. The minimum Gasteiger partial charge on any atom is -0.490 e. The van der Waals surface area contributed by atoms with E-state index in [2.05, 4.69) is 5.43 Å². The van der Waals surface area contributed by atoms with Crippen molar-refractivity contribution in [3.8, 4) is 5.75 Å². The van der Waals surface area contributed by atoms with E-state index in [0.29, 0.717) is 6.10 Å². The molecule has 2 aromatic rings. The minimum absolute atomic E-state index is 0.102. The van der Waals surface area contributed by atoms with Gasteiger partial charge in [0, 0.05) is 4.88 Å². The smallest absolute Gasteiger partial charge is 0.120 e. The van der Waals surface area contributed by atoms with Gasteiger partial charge in [0.15, 0.2) is 0 Å². The molecule has 19 heavy (non-hydrogen) atoms. The number of hydrazine groups is 1. The molecule has 1 atom stereocenters. The standard InChI is InChI=1S/C14H15ClN2OS/c15-12-6-7-19-14(12)13(17-16)9-2-1-3-11(8-9)18-10-4-5-10/h1-3,6-8,10,13,17H,4-5,16H2. The van der Waals surface area contributed by atoms with Crippen LogP contribution in [0.4, 0.5) is 0 Å². The van der Waals surface area contributed by atoms with Crippen molar-refractivity contribution in [1.29, 1.82) is 0 Å². The van der Waals surface area contributed by atoms with Crippen LogP contribution < -0.4 is 16.0 Å². The molecule has 1 unspecified atom stereocenters. The Balaban J connectivity index is 1.88. The number of hydrogen-bond donors (Lipinski definition) is 2. The fraction of sp³-hybridized carbons (Fsp3) is 0.286. The molecule has 1 aromatic heterocycles. The monoisotopic (exact) mass is 294 g/mol. The zero-order valence-electron chi connectivity index (χ0n) is 10.3. The highest BCUT2D eigenvalue weighted by molar-refractivity contribution is 7.10. The van der Waals surface area contributed by atoms with Gasteiger partial charge >= 0.3 is 0 Å². The van der Waals surface area contributed by atoms with E-state index in [1.807, 2.05) is 35.7 Å². The van der Waals surface area contributed by atoms with Crippen molar-refractivity contribution in [1.82, 2.24) is 5.43 Å². The quantitative estimate of drug-likeness (QED) is 0.655. The lowest BCUT2D eigenvalue weighted by atomic mass is 10.1. The van der Waals surface area contributed by atoms with E-state index < -0.39 is 0 Å². The second-order valence-corrected chi connectivity index (χ2v) is 5.98. The van der Waals surface area contributed by atoms with Crippen LogP contribution in [0.3, 0.4) is 0 Å². The van der Waals surface area contributed by atoms with Crippen molar-refractivity contribution in [2.24, 2.45) is 5.84 Å². The lowest BCUT2D eigenvalue weighted by Crippen LogP contribution is -2.28. The highest BCUT2D eigenvalue weighted by atomic mass is 35.5. The molecule has 0 bridgehead atoms. The first-order chi connectivity index (χ1) is 9.28. The summed E-state index contributed by atoms with van der Waals surface area (Å²) in [5.74, 6) is 6.58. The van der Waals surface area contributed by atoms with E-state index in [4.69, 9.17) is 22.2 Å². The summed E-state index contributed by atoms with van der Waals surface area (Å²) >= 11 is 7.77. The number of thiophene rings is 1. The van der Waals surface area contributed by atoms with Gasteiger partial charge in [0.25, 0.3) is 0 Å². The first-order valence-corrected chi connectivity index (χ1v) is 7.49. The number of rotatable bonds is 5. The van der Waals surface area contributed by atoms with E-state index >= 15 is 0 Å². The van der Waals surface area contributed by atoms with Gasteiger partial charge in [-0.15, -0.1) is 11.3 Å². The van der Waals surface area contributed by atoms with Crippen LogP contribution in [0.5, 0.6) is 5.75 Å². The highest BCUT2D eigenvalue weighted by Crippen LogP contribution is 2.34. The van der Waals surface area contributed by atoms with Crippen molar-refractivity contribution >= 4 is 22.9 Å². The summed E-state index contributed by atoms with van der Waals surface area (Å²) in [7, 11) is 0. The molecule has 3 N–H and O–H groups in total. The summed E-state index contributed by atoms with van der Waals surface area (Å²) in [6, 6.07) is 9.80. The maximum atomic E-state index is 6.18. The van der Waals surface area contributed by atoms with Crippen LogP contribution >= 0.6 is 22.9 Å². The molecule has 0 aliphatic heterocycles. The Kier molecular flexibility index (Phi) is 3.75. The molecule has 1 heterocycles. The first-order valence-electron chi connectivity index (χ1n) is 6.23. The Labute approximate surface area is 121 Å². The minimum atomic E-state index is -0.102. The molecule has 1 aliphatic carbocycles. The molecule has 3 rings (SSSR count). The predicted octanol–water partition coefficient (Wildman–Crippen LogP) is 3.50.